The van der Waals surface area contributed by atoms with Crippen molar-refractivity contribution in [2.24, 2.45) is 5.92 Å². The molecule has 2 aromatic rings. The highest BCUT2D eigenvalue weighted by Crippen LogP contribution is 2.34. The Kier molecular flexibility index (Phi) is 5.28. The number of rotatable bonds is 4. The van der Waals surface area contributed by atoms with Crippen molar-refractivity contribution in [2.75, 3.05) is 20.8 Å². The molecule has 0 atom stereocenters. The van der Waals surface area contributed by atoms with Gasteiger partial charge in [0, 0.05) is 24.7 Å². The van der Waals surface area contributed by atoms with E-state index in [2.05, 4.69) is 32.1 Å². The second-order valence-electron chi connectivity index (χ2n) is 6.18. The van der Waals surface area contributed by atoms with Gasteiger partial charge in [0.15, 0.2) is 0 Å². The van der Waals surface area contributed by atoms with E-state index in [0.717, 1.165) is 46.8 Å². The number of aromatic nitrogens is 2. The van der Waals surface area contributed by atoms with Crippen LogP contribution in [-0.4, -0.2) is 36.6 Å². The molecule has 0 bridgehead atoms. The van der Waals surface area contributed by atoms with Crippen molar-refractivity contribution in [1.82, 2.24) is 15.1 Å². The average molecular weight is 396 g/mol. The first-order valence-corrected chi connectivity index (χ1v) is 8.97. The highest BCUT2D eigenvalue weighted by atomic mass is 79.9. The number of hydrogen-bond acceptors (Lipinski definition) is 4. The maximum atomic E-state index is 11.2. The van der Waals surface area contributed by atoms with E-state index in [1.165, 1.54) is 0 Å². The Hall–Kier alpha value is -1.76. The van der Waals surface area contributed by atoms with Gasteiger partial charge in [0.2, 0.25) is 0 Å². The zero-order chi connectivity index (χ0) is 17.1. The van der Waals surface area contributed by atoms with Crippen LogP contribution in [0.5, 0.6) is 5.75 Å². The van der Waals surface area contributed by atoms with Gasteiger partial charge in [-0.1, -0.05) is 0 Å². The smallest absolute Gasteiger partial charge is 0.406 e. The number of fused-ring (bicyclic) bond motifs is 1. The van der Waals surface area contributed by atoms with Crippen LogP contribution in [0.1, 0.15) is 31.7 Å². The summed E-state index contributed by atoms with van der Waals surface area (Å²) >= 11 is 3.52. The molecule has 7 heteroatoms. The van der Waals surface area contributed by atoms with Crippen molar-refractivity contribution >= 4 is 32.9 Å². The number of nitrogens with zero attached hydrogens (tertiary/aromatic N) is 2. The maximum absolute atomic E-state index is 11.2. The van der Waals surface area contributed by atoms with Gasteiger partial charge in [0.05, 0.1) is 29.7 Å². The Balaban J connectivity index is 1.64. The standard InChI is InChI=1S/C17H22BrN3O3/c1-19-17(22)24-10-11-3-5-13(6-4-11)21-9-12-7-14(18)16(23-2)8-15(12)20-21/h7-9,11,13H,3-6,10H2,1-2H3,(H,19,22). The number of amides is 1. The SMILES string of the molecule is CNC(=O)OCC1CCC(n2cc3cc(Br)c(OC)cc3n2)CC1. The van der Waals surface area contributed by atoms with Crippen molar-refractivity contribution in [3.63, 3.8) is 0 Å². The topological polar surface area (TPSA) is 65.4 Å². The molecule has 1 fully saturated rings. The molecule has 0 aliphatic heterocycles. The van der Waals surface area contributed by atoms with Crippen LogP contribution >= 0.6 is 15.9 Å². The fourth-order valence-electron chi connectivity index (χ4n) is 3.23. The average Bonchev–Trinajstić information content (AvgIpc) is 3.01. The first-order chi connectivity index (χ1) is 11.6. The van der Waals surface area contributed by atoms with E-state index < -0.39 is 0 Å². The number of hydrogen-bond donors (Lipinski definition) is 1. The van der Waals surface area contributed by atoms with Crippen molar-refractivity contribution < 1.29 is 14.3 Å². The highest BCUT2D eigenvalue weighted by Gasteiger charge is 2.24. The van der Waals surface area contributed by atoms with Crippen LogP contribution in [-0.2, 0) is 4.74 Å². The molecule has 1 saturated carbocycles. The second kappa shape index (κ2) is 7.42. The number of carbonyl (C=O) groups excluding carboxylic acids is 1. The summed E-state index contributed by atoms with van der Waals surface area (Å²) in [5, 5.41) is 8.30. The molecule has 1 heterocycles. The fraction of sp³-hybridized carbons (Fsp3) is 0.529. The zero-order valence-electron chi connectivity index (χ0n) is 13.9. The number of carbonyl (C=O) groups is 1. The highest BCUT2D eigenvalue weighted by molar-refractivity contribution is 9.10. The van der Waals surface area contributed by atoms with Gasteiger partial charge in [-0.05, 0) is 53.6 Å². The minimum atomic E-state index is -0.352. The summed E-state index contributed by atoms with van der Waals surface area (Å²) in [5.74, 6) is 1.24. The van der Waals surface area contributed by atoms with E-state index in [9.17, 15) is 4.79 Å². The molecule has 1 aliphatic carbocycles. The molecule has 0 unspecified atom stereocenters. The molecule has 1 N–H and O–H groups in total. The van der Waals surface area contributed by atoms with Crippen LogP contribution in [0.25, 0.3) is 10.9 Å². The Morgan fingerprint density at radius 3 is 2.79 bits per heavy atom. The summed E-state index contributed by atoms with van der Waals surface area (Å²) < 4.78 is 13.5. The third-order valence-corrected chi connectivity index (χ3v) is 5.26. The van der Waals surface area contributed by atoms with E-state index in [1.54, 1.807) is 14.2 Å². The van der Waals surface area contributed by atoms with Crippen molar-refractivity contribution in [1.29, 1.82) is 0 Å². The number of ether oxygens (including phenoxy) is 2. The van der Waals surface area contributed by atoms with Crippen LogP contribution in [0.4, 0.5) is 4.79 Å². The van der Waals surface area contributed by atoms with E-state index in [4.69, 9.17) is 14.6 Å². The summed E-state index contributed by atoms with van der Waals surface area (Å²) in [5.41, 5.74) is 0.945. The minimum Gasteiger partial charge on any atom is -0.495 e. The van der Waals surface area contributed by atoms with Gasteiger partial charge in [0.25, 0.3) is 0 Å². The molecule has 1 amide bonds. The molecule has 24 heavy (non-hydrogen) atoms. The lowest BCUT2D eigenvalue weighted by Gasteiger charge is -2.28. The summed E-state index contributed by atoms with van der Waals surface area (Å²) in [7, 11) is 3.24. The van der Waals surface area contributed by atoms with Gasteiger partial charge in [-0.25, -0.2) is 4.79 Å². The van der Waals surface area contributed by atoms with E-state index >= 15 is 0 Å². The molecule has 1 aromatic heterocycles. The molecule has 130 valence electrons. The Bertz CT molecular complexity index is 723. The van der Waals surface area contributed by atoms with Gasteiger partial charge >= 0.3 is 6.09 Å². The molecular weight excluding hydrogens is 374 g/mol. The second-order valence-corrected chi connectivity index (χ2v) is 7.03. The first-order valence-electron chi connectivity index (χ1n) is 8.17. The van der Waals surface area contributed by atoms with Crippen molar-refractivity contribution in [3.8, 4) is 5.75 Å². The van der Waals surface area contributed by atoms with Crippen LogP contribution in [0.2, 0.25) is 0 Å². The van der Waals surface area contributed by atoms with Gasteiger partial charge in [0.1, 0.15) is 5.75 Å². The lowest BCUT2D eigenvalue weighted by atomic mass is 9.86. The molecule has 0 spiro atoms. The Morgan fingerprint density at radius 1 is 1.38 bits per heavy atom. The van der Waals surface area contributed by atoms with Crippen molar-refractivity contribution in [3.05, 3.63) is 22.8 Å². The zero-order valence-corrected chi connectivity index (χ0v) is 15.5. The largest absolute Gasteiger partial charge is 0.495 e. The number of benzene rings is 1. The van der Waals surface area contributed by atoms with Crippen LogP contribution in [0.15, 0.2) is 22.8 Å². The minimum absolute atomic E-state index is 0.352. The third-order valence-electron chi connectivity index (χ3n) is 4.64. The summed E-state index contributed by atoms with van der Waals surface area (Å²) in [6.45, 7) is 0.498. The van der Waals surface area contributed by atoms with Crippen molar-refractivity contribution in [2.45, 2.75) is 31.7 Å². The molecule has 0 radical (unpaired) electrons. The summed E-state index contributed by atoms with van der Waals surface area (Å²) in [6, 6.07) is 4.40. The lowest BCUT2D eigenvalue weighted by Crippen LogP contribution is -2.26. The van der Waals surface area contributed by atoms with E-state index in [0.29, 0.717) is 18.6 Å². The monoisotopic (exact) mass is 395 g/mol. The predicted octanol–water partition coefficient (Wildman–Crippen LogP) is 3.89. The molecule has 1 aromatic carbocycles. The normalized spacial score (nSPS) is 20.8. The number of nitrogens with one attached hydrogen (secondary N) is 1. The summed E-state index contributed by atoms with van der Waals surface area (Å²) in [4.78, 5) is 11.2. The number of methoxy groups -OCH3 is 1. The van der Waals surface area contributed by atoms with E-state index in [1.807, 2.05) is 12.1 Å². The number of halogens is 1. The lowest BCUT2D eigenvalue weighted by molar-refractivity contribution is 0.110. The van der Waals surface area contributed by atoms with Crippen LogP contribution in [0.3, 0.4) is 0 Å². The molecule has 6 nitrogen and oxygen atoms in total. The third kappa shape index (κ3) is 3.66. The summed E-state index contributed by atoms with van der Waals surface area (Å²) in [6.07, 6.45) is 5.94. The van der Waals surface area contributed by atoms with Gasteiger partial charge in [-0.3, -0.25) is 4.68 Å². The molecular formula is C17H22BrN3O3. The molecule has 1 aliphatic rings. The molecule has 3 rings (SSSR count). The maximum Gasteiger partial charge on any atom is 0.406 e. The Labute approximate surface area is 149 Å². The molecule has 0 saturated heterocycles. The quantitative estimate of drug-likeness (QED) is 0.852. The van der Waals surface area contributed by atoms with E-state index in [-0.39, 0.29) is 6.09 Å². The van der Waals surface area contributed by atoms with Gasteiger partial charge in [-0.15, -0.1) is 0 Å². The van der Waals surface area contributed by atoms with Crippen LogP contribution in [0, 0.1) is 5.92 Å². The van der Waals surface area contributed by atoms with Gasteiger partial charge < -0.3 is 14.8 Å². The predicted molar refractivity (Wildman–Crippen MR) is 95.4 cm³/mol. The first kappa shape index (κ1) is 17.1. The number of alkyl carbamates (subject to hydrolysis) is 1. The fourth-order valence-corrected chi connectivity index (χ4v) is 3.75. The van der Waals surface area contributed by atoms with Crippen LogP contribution < -0.4 is 10.1 Å². The Morgan fingerprint density at radius 2 is 2.12 bits per heavy atom. The van der Waals surface area contributed by atoms with Gasteiger partial charge in [-0.2, -0.15) is 5.10 Å².